The summed E-state index contributed by atoms with van der Waals surface area (Å²) in [7, 11) is 4.15. The van der Waals surface area contributed by atoms with E-state index in [4.69, 9.17) is 4.74 Å². The van der Waals surface area contributed by atoms with E-state index in [1.54, 1.807) is 0 Å². The monoisotopic (exact) mass is 219 g/mol. The van der Waals surface area contributed by atoms with Crippen LogP contribution in [0.25, 0.3) is 0 Å². The molecule has 88 valence electrons. The smallest absolute Gasteiger partial charge is 0.127 e. The summed E-state index contributed by atoms with van der Waals surface area (Å²) in [5.41, 5.74) is 2.64. The van der Waals surface area contributed by atoms with Crippen molar-refractivity contribution >= 4 is 5.69 Å². The van der Waals surface area contributed by atoms with E-state index in [1.165, 1.54) is 17.7 Å². The number of benzene rings is 1. The fourth-order valence-electron chi connectivity index (χ4n) is 2.03. The van der Waals surface area contributed by atoms with Crippen molar-refractivity contribution in [1.82, 2.24) is 0 Å². The first-order chi connectivity index (χ1) is 7.58. The molecule has 0 bridgehead atoms. The van der Waals surface area contributed by atoms with Crippen LogP contribution >= 0.6 is 0 Å². The Morgan fingerprint density at radius 3 is 2.69 bits per heavy atom. The van der Waals surface area contributed by atoms with Gasteiger partial charge in [0, 0.05) is 25.3 Å². The maximum atomic E-state index is 5.75. The van der Waals surface area contributed by atoms with Gasteiger partial charge in [-0.1, -0.05) is 13.8 Å². The van der Waals surface area contributed by atoms with Crippen molar-refractivity contribution in [2.45, 2.75) is 32.8 Å². The molecule has 0 aliphatic carbocycles. The maximum absolute atomic E-state index is 5.75. The van der Waals surface area contributed by atoms with Crippen molar-refractivity contribution in [3.63, 3.8) is 0 Å². The highest BCUT2D eigenvalue weighted by Crippen LogP contribution is 2.43. The predicted octanol–water partition coefficient (Wildman–Crippen LogP) is 3.62. The highest BCUT2D eigenvalue weighted by atomic mass is 16.5. The van der Waals surface area contributed by atoms with Crippen LogP contribution in [0.3, 0.4) is 0 Å². The summed E-state index contributed by atoms with van der Waals surface area (Å²) in [6.45, 7) is 4.52. The average molecular weight is 219 g/mol. The van der Waals surface area contributed by atoms with Crippen molar-refractivity contribution in [2.24, 2.45) is 5.92 Å². The van der Waals surface area contributed by atoms with Crippen LogP contribution in [-0.4, -0.2) is 14.1 Å². The number of fused-ring (bicyclic) bond motifs is 1. The van der Waals surface area contributed by atoms with E-state index >= 15 is 0 Å². The van der Waals surface area contributed by atoms with Crippen LogP contribution in [0.5, 0.6) is 5.75 Å². The van der Waals surface area contributed by atoms with Gasteiger partial charge >= 0.3 is 0 Å². The van der Waals surface area contributed by atoms with E-state index < -0.39 is 0 Å². The molecule has 0 saturated carbocycles. The SMILES string of the molecule is CC(C)CCC1Oc2ccc(N(C)C)cc21. The molecule has 0 N–H and O–H groups in total. The Morgan fingerprint density at radius 2 is 2.06 bits per heavy atom. The molecular formula is C14H21NO. The molecule has 0 amide bonds. The van der Waals surface area contributed by atoms with Gasteiger partial charge in [0.15, 0.2) is 0 Å². The van der Waals surface area contributed by atoms with Crippen LogP contribution in [0.4, 0.5) is 5.69 Å². The number of ether oxygens (including phenoxy) is 1. The topological polar surface area (TPSA) is 12.5 Å². The van der Waals surface area contributed by atoms with Crippen molar-refractivity contribution in [3.8, 4) is 5.75 Å². The molecule has 2 nitrogen and oxygen atoms in total. The maximum Gasteiger partial charge on any atom is 0.127 e. The molecule has 0 fully saturated rings. The van der Waals surface area contributed by atoms with E-state index in [9.17, 15) is 0 Å². The third-order valence-electron chi connectivity index (χ3n) is 3.13. The van der Waals surface area contributed by atoms with Gasteiger partial charge in [-0.25, -0.2) is 0 Å². The molecule has 1 heterocycles. The second kappa shape index (κ2) is 4.36. The molecule has 0 saturated heterocycles. The van der Waals surface area contributed by atoms with Gasteiger partial charge in [-0.05, 0) is 37.0 Å². The van der Waals surface area contributed by atoms with Crippen LogP contribution < -0.4 is 9.64 Å². The van der Waals surface area contributed by atoms with Crippen molar-refractivity contribution in [3.05, 3.63) is 23.8 Å². The number of nitrogens with zero attached hydrogens (tertiary/aromatic N) is 1. The minimum absolute atomic E-state index is 0.331. The summed E-state index contributed by atoms with van der Waals surface area (Å²) >= 11 is 0. The lowest BCUT2D eigenvalue weighted by atomic mass is 9.95. The molecule has 0 aromatic heterocycles. The summed E-state index contributed by atoms with van der Waals surface area (Å²) in [4.78, 5) is 2.14. The Balaban J connectivity index is 2.05. The summed E-state index contributed by atoms with van der Waals surface area (Å²) in [5.74, 6) is 1.82. The molecule has 1 aliphatic rings. The molecule has 1 unspecified atom stereocenters. The van der Waals surface area contributed by atoms with Crippen molar-refractivity contribution in [2.75, 3.05) is 19.0 Å². The van der Waals surface area contributed by atoms with Gasteiger partial charge in [-0.3, -0.25) is 0 Å². The van der Waals surface area contributed by atoms with Crippen LogP contribution in [0, 0.1) is 5.92 Å². The number of rotatable bonds is 4. The zero-order valence-electron chi connectivity index (χ0n) is 10.7. The van der Waals surface area contributed by atoms with Gasteiger partial charge in [0.1, 0.15) is 11.9 Å². The highest BCUT2D eigenvalue weighted by molar-refractivity contribution is 5.55. The Kier molecular flexibility index (Phi) is 3.08. The minimum atomic E-state index is 0.331. The highest BCUT2D eigenvalue weighted by Gasteiger charge is 2.28. The standard InChI is InChI=1S/C14H21NO/c1-10(2)5-7-13-12-9-11(15(3)4)6-8-14(12)16-13/h6,8-10,13H,5,7H2,1-4H3. The first-order valence-corrected chi connectivity index (χ1v) is 6.06. The van der Waals surface area contributed by atoms with Gasteiger partial charge in [0.2, 0.25) is 0 Å². The second-order valence-corrected chi connectivity index (χ2v) is 5.19. The first-order valence-electron chi connectivity index (χ1n) is 6.06. The number of anilines is 1. The number of hydrogen-bond acceptors (Lipinski definition) is 2. The third kappa shape index (κ3) is 2.16. The van der Waals surface area contributed by atoms with Gasteiger partial charge in [-0.2, -0.15) is 0 Å². The Hall–Kier alpha value is -1.18. The fraction of sp³-hybridized carbons (Fsp3) is 0.571. The molecule has 2 heteroatoms. The summed E-state index contributed by atoms with van der Waals surface area (Å²) < 4.78 is 5.75. The quantitative estimate of drug-likeness (QED) is 0.767. The first kappa shape index (κ1) is 11.3. The minimum Gasteiger partial charge on any atom is -0.485 e. The van der Waals surface area contributed by atoms with E-state index in [1.807, 2.05) is 0 Å². The third-order valence-corrected chi connectivity index (χ3v) is 3.13. The molecule has 2 rings (SSSR count). The van der Waals surface area contributed by atoms with Crippen LogP contribution in [-0.2, 0) is 0 Å². The molecular weight excluding hydrogens is 198 g/mol. The second-order valence-electron chi connectivity index (χ2n) is 5.19. The van der Waals surface area contributed by atoms with Crippen LogP contribution in [0.1, 0.15) is 38.4 Å². The molecule has 1 aromatic carbocycles. The van der Waals surface area contributed by atoms with E-state index in [0.717, 1.165) is 18.1 Å². The number of hydrogen-bond donors (Lipinski definition) is 0. The Labute approximate surface area is 98.2 Å². The van der Waals surface area contributed by atoms with Crippen molar-refractivity contribution < 1.29 is 4.74 Å². The lowest BCUT2D eigenvalue weighted by Crippen LogP contribution is -2.20. The van der Waals surface area contributed by atoms with E-state index in [0.29, 0.717) is 6.10 Å². The normalized spacial score (nSPS) is 17.7. The van der Waals surface area contributed by atoms with Crippen molar-refractivity contribution in [1.29, 1.82) is 0 Å². The van der Waals surface area contributed by atoms with E-state index in [2.05, 4.69) is 51.0 Å². The molecule has 16 heavy (non-hydrogen) atoms. The molecule has 0 radical (unpaired) electrons. The zero-order valence-corrected chi connectivity index (χ0v) is 10.7. The molecule has 1 aliphatic heterocycles. The van der Waals surface area contributed by atoms with E-state index in [-0.39, 0.29) is 0 Å². The summed E-state index contributed by atoms with van der Waals surface area (Å²) in [5, 5.41) is 0. The lowest BCUT2D eigenvalue weighted by molar-refractivity contribution is 0.130. The molecule has 1 atom stereocenters. The predicted molar refractivity (Wildman–Crippen MR) is 68.2 cm³/mol. The van der Waals surface area contributed by atoms with Gasteiger partial charge in [-0.15, -0.1) is 0 Å². The van der Waals surface area contributed by atoms with Gasteiger partial charge in [0.25, 0.3) is 0 Å². The van der Waals surface area contributed by atoms with Gasteiger partial charge in [0.05, 0.1) is 0 Å². The average Bonchev–Trinajstić information content (AvgIpc) is 2.18. The van der Waals surface area contributed by atoms with Crippen LogP contribution in [0.2, 0.25) is 0 Å². The van der Waals surface area contributed by atoms with Crippen LogP contribution in [0.15, 0.2) is 18.2 Å². The fourth-order valence-corrected chi connectivity index (χ4v) is 2.03. The Morgan fingerprint density at radius 1 is 1.31 bits per heavy atom. The lowest BCUT2D eigenvalue weighted by Gasteiger charge is -2.32. The van der Waals surface area contributed by atoms with Gasteiger partial charge < -0.3 is 9.64 Å². The molecule has 0 spiro atoms. The summed E-state index contributed by atoms with van der Waals surface area (Å²) in [6, 6.07) is 6.44. The Bertz CT molecular complexity index is 371. The zero-order chi connectivity index (χ0) is 11.7. The largest absolute Gasteiger partial charge is 0.485 e. The summed E-state index contributed by atoms with van der Waals surface area (Å²) in [6.07, 6.45) is 2.70. The molecule has 1 aromatic rings.